The number of carbonyl (C=O) groups is 1. The zero-order valence-electron chi connectivity index (χ0n) is 12.7. The summed E-state index contributed by atoms with van der Waals surface area (Å²) in [6, 6.07) is 5.00. The lowest BCUT2D eigenvalue weighted by Gasteiger charge is -2.16. The van der Waals surface area contributed by atoms with Crippen LogP contribution in [0.1, 0.15) is 38.3 Å². The van der Waals surface area contributed by atoms with Gasteiger partial charge in [-0.1, -0.05) is 32.4 Å². The molecule has 1 aromatic heterocycles. The van der Waals surface area contributed by atoms with Crippen LogP contribution >= 0.6 is 11.6 Å². The number of aryl methyl sites for hydroxylation is 2. The number of hydrogen-bond acceptors (Lipinski definition) is 3. The van der Waals surface area contributed by atoms with Gasteiger partial charge in [-0.2, -0.15) is 0 Å². The predicted octanol–water partition coefficient (Wildman–Crippen LogP) is 4.30. The van der Waals surface area contributed by atoms with E-state index in [1.165, 1.54) is 6.07 Å². The molecule has 21 heavy (non-hydrogen) atoms. The van der Waals surface area contributed by atoms with Crippen LogP contribution in [0.3, 0.4) is 0 Å². The molecular weight excluding hydrogens is 288 g/mol. The average molecular weight is 307 g/mol. The van der Waals surface area contributed by atoms with Crippen molar-refractivity contribution in [3.05, 3.63) is 44.8 Å². The van der Waals surface area contributed by atoms with Crippen molar-refractivity contribution in [1.29, 1.82) is 0 Å². The molecule has 0 bridgehead atoms. The van der Waals surface area contributed by atoms with Crippen LogP contribution in [0, 0.1) is 12.3 Å². The number of carbonyl (C=O) groups excluding carboxylic acids is 1. The first kappa shape index (κ1) is 15.8. The maximum absolute atomic E-state index is 12.1. The summed E-state index contributed by atoms with van der Waals surface area (Å²) in [5.74, 6) is 0.169. The number of Topliss-reactive ketones (excluding diaryl/α,β-unsaturated/α-hetero) is 1. The molecule has 3 nitrogen and oxygen atoms in total. The third-order valence-corrected chi connectivity index (χ3v) is 3.97. The van der Waals surface area contributed by atoms with Gasteiger partial charge in [0, 0.05) is 28.3 Å². The summed E-state index contributed by atoms with van der Waals surface area (Å²) in [5.41, 5.74) is 1.41. The highest BCUT2D eigenvalue weighted by molar-refractivity contribution is 6.32. The lowest BCUT2D eigenvalue weighted by molar-refractivity contribution is -0.126. The van der Waals surface area contributed by atoms with E-state index < -0.39 is 5.63 Å². The normalized spacial score (nSPS) is 11.9. The fraction of sp³-hybridized carbons (Fsp3) is 0.412. The molecule has 1 aromatic carbocycles. The molecule has 0 N–H and O–H groups in total. The topological polar surface area (TPSA) is 47.3 Å². The van der Waals surface area contributed by atoms with Gasteiger partial charge < -0.3 is 4.42 Å². The van der Waals surface area contributed by atoms with Gasteiger partial charge in [-0.3, -0.25) is 4.79 Å². The molecule has 112 valence electrons. The van der Waals surface area contributed by atoms with Crippen LogP contribution in [-0.2, 0) is 11.2 Å². The van der Waals surface area contributed by atoms with Gasteiger partial charge in [0.25, 0.3) is 0 Å². The first-order valence-electron chi connectivity index (χ1n) is 6.94. The molecule has 0 unspecified atom stereocenters. The first-order chi connectivity index (χ1) is 9.68. The Labute approximate surface area is 128 Å². The van der Waals surface area contributed by atoms with Gasteiger partial charge in [0.15, 0.2) is 0 Å². The maximum atomic E-state index is 12.1. The molecule has 0 fully saturated rings. The molecule has 2 rings (SSSR count). The standard InChI is InChI=1S/C17H19ClO3/c1-10-7-14-12(9-13(10)18)11(8-16(20)21-14)5-6-15(19)17(2,3)4/h7-9H,5-6H2,1-4H3. The fourth-order valence-corrected chi connectivity index (χ4v) is 2.34. The van der Waals surface area contributed by atoms with Gasteiger partial charge in [-0.15, -0.1) is 0 Å². The van der Waals surface area contributed by atoms with Crippen molar-refractivity contribution in [2.45, 2.75) is 40.5 Å². The first-order valence-corrected chi connectivity index (χ1v) is 7.32. The average Bonchev–Trinajstić information content (AvgIpc) is 2.36. The molecule has 0 aliphatic rings. The Morgan fingerprint density at radius 3 is 2.52 bits per heavy atom. The number of hydrogen-bond donors (Lipinski definition) is 0. The van der Waals surface area contributed by atoms with E-state index in [1.54, 1.807) is 12.1 Å². The highest BCUT2D eigenvalue weighted by Crippen LogP contribution is 2.26. The smallest absolute Gasteiger partial charge is 0.336 e. The van der Waals surface area contributed by atoms with Crippen LogP contribution in [0.5, 0.6) is 0 Å². The van der Waals surface area contributed by atoms with Gasteiger partial charge in [0.05, 0.1) is 0 Å². The van der Waals surface area contributed by atoms with Gasteiger partial charge in [-0.05, 0) is 36.6 Å². The zero-order chi connectivity index (χ0) is 15.8. The van der Waals surface area contributed by atoms with E-state index in [0.717, 1.165) is 16.5 Å². The van der Waals surface area contributed by atoms with Gasteiger partial charge in [0.2, 0.25) is 0 Å². The fourth-order valence-electron chi connectivity index (χ4n) is 2.18. The second-order valence-electron chi connectivity index (χ2n) is 6.36. The minimum absolute atomic E-state index is 0.169. The lowest BCUT2D eigenvalue weighted by Crippen LogP contribution is -2.20. The monoisotopic (exact) mass is 306 g/mol. The molecule has 0 saturated heterocycles. The van der Waals surface area contributed by atoms with Gasteiger partial charge in [0.1, 0.15) is 11.4 Å². The zero-order valence-corrected chi connectivity index (χ0v) is 13.5. The molecule has 0 aliphatic carbocycles. The van der Waals surface area contributed by atoms with E-state index in [-0.39, 0.29) is 11.2 Å². The van der Waals surface area contributed by atoms with Crippen LogP contribution in [-0.4, -0.2) is 5.78 Å². The van der Waals surface area contributed by atoms with E-state index >= 15 is 0 Å². The summed E-state index contributed by atoms with van der Waals surface area (Å²) in [7, 11) is 0. The number of rotatable bonds is 3. The molecular formula is C17H19ClO3. The molecule has 2 aromatic rings. The van der Waals surface area contributed by atoms with Gasteiger partial charge in [-0.25, -0.2) is 4.79 Å². The van der Waals surface area contributed by atoms with Crippen molar-refractivity contribution in [3.8, 4) is 0 Å². The number of halogens is 1. The highest BCUT2D eigenvalue weighted by Gasteiger charge is 2.21. The summed E-state index contributed by atoms with van der Waals surface area (Å²) in [6.07, 6.45) is 0.908. The third kappa shape index (κ3) is 3.53. The molecule has 0 saturated carbocycles. The molecule has 0 aliphatic heterocycles. The number of benzene rings is 1. The SMILES string of the molecule is Cc1cc2oc(=O)cc(CCC(=O)C(C)(C)C)c2cc1Cl. The Bertz CT molecular complexity index is 751. The largest absolute Gasteiger partial charge is 0.423 e. The van der Waals surface area contributed by atoms with Gasteiger partial charge >= 0.3 is 5.63 Å². The summed E-state index contributed by atoms with van der Waals surface area (Å²) >= 11 is 6.15. The van der Waals surface area contributed by atoms with Crippen molar-refractivity contribution in [1.82, 2.24) is 0 Å². The Balaban J connectivity index is 2.42. The lowest BCUT2D eigenvalue weighted by atomic mass is 9.87. The Kier molecular flexibility index (Phi) is 4.24. The van der Waals surface area contributed by atoms with Crippen molar-refractivity contribution in [3.63, 3.8) is 0 Å². The Morgan fingerprint density at radius 1 is 1.24 bits per heavy atom. The second kappa shape index (κ2) is 5.64. The number of ketones is 1. The summed E-state index contributed by atoms with van der Waals surface area (Å²) < 4.78 is 5.21. The predicted molar refractivity (Wildman–Crippen MR) is 85.0 cm³/mol. The molecule has 0 amide bonds. The minimum atomic E-state index is -0.401. The van der Waals surface area contributed by atoms with Crippen LogP contribution in [0.4, 0.5) is 0 Å². The maximum Gasteiger partial charge on any atom is 0.336 e. The van der Waals surface area contributed by atoms with Crippen molar-refractivity contribution in [2.75, 3.05) is 0 Å². The molecule has 1 heterocycles. The summed E-state index contributed by atoms with van der Waals surface area (Å²) in [6.45, 7) is 7.55. The van der Waals surface area contributed by atoms with Crippen molar-refractivity contribution < 1.29 is 9.21 Å². The molecule has 4 heteroatoms. The Hall–Kier alpha value is -1.61. The van der Waals surface area contributed by atoms with E-state index in [2.05, 4.69) is 0 Å². The molecule has 0 radical (unpaired) electrons. The van der Waals surface area contributed by atoms with Crippen LogP contribution in [0.15, 0.2) is 27.4 Å². The summed E-state index contributed by atoms with van der Waals surface area (Å²) in [5, 5.41) is 1.42. The van der Waals surface area contributed by atoms with E-state index in [0.29, 0.717) is 23.4 Å². The van der Waals surface area contributed by atoms with E-state index in [1.807, 2.05) is 27.7 Å². The summed E-state index contributed by atoms with van der Waals surface area (Å²) in [4.78, 5) is 23.7. The van der Waals surface area contributed by atoms with E-state index in [9.17, 15) is 9.59 Å². The van der Waals surface area contributed by atoms with Crippen LogP contribution in [0.2, 0.25) is 5.02 Å². The van der Waals surface area contributed by atoms with Crippen molar-refractivity contribution in [2.24, 2.45) is 5.41 Å². The highest BCUT2D eigenvalue weighted by atomic mass is 35.5. The second-order valence-corrected chi connectivity index (χ2v) is 6.77. The molecule has 0 atom stereocenters. The number of fused-ring (bicyclic) bond motifs is 1. The minimum Gasteiger partial charge on any atom is -0.423 e. The third-order valence-electron chi connectivity index (χ3n) is 3.57. The quantitative estimate of drug-likeness (QED) is 0.794. The molecule has 0 spiro atoms. The van der Waals surface area contributed by atoms with Crippen molar-refractivity contribution >= 4 is 28.4 Å². The Morgan fingerprint density at radius 2 is 1.90 bits per heavy atom. The van der Waals surface area contributed by atoms with Crippen LogP contribution in [0.25, 0.3) is 11.0 Å². The van der Waals surface area contributed by atoms with E-state index in [4.69, 9.17) is 16.0 Å². The van der Waals surface area contributed by atoms with Crippen LogP contribution < -0.4 is 5.63 Å².